The summed E-state index contributed by atoms with van der Waals surface area (Å²) in [7, 11) is 0. The summed E-state index contributed by atoms with van der Waals surface area (Å²) in [6.07, 6.45) is 4.21. The fraction of sp³-hybridized carbons (Fsp3) is 0.0952. The van der Waals surface area contributed by atoms with E-state index >= 15 is 0 Å². The van der Waals surface area contributed by atoms with Crippen molar-refractivity contribution in [2.75, 3.05) is 5.32 Å². The number of ether oxygens (including phenoxy) is 1. The molecule has 0 spiro atoms. The van der Waals surface area contributed by atoms with Gasteiger partial charge in [0.05, 0.1) is 4.92 Å². The first-order valence-electron chi connectivity index (χ1n) is 8.96. The number of H-pyrrole nitrogens is 1. The molecule has 152 valence electrons. The number of hydrogen-bond acceptors (Lipinski definition) is 6. The quantitative estimate of drug-likeness (QED) is 0.352. The fourth-order valence-electron chi connectivity index (χ4n) is 2.49. The topological polar surface area (TPSA) is 127 Å². The van der Waals surface area contributed by atoms with Gasteiger partial charge in [0.15, 0.2) is 6.10 Å². The van der Waals surface area contributed by atoms with Gasteiger partial charge in [0, 0.05) is 18.3 Å². The van der Waals surface area contributed by atoms with Crippen molar-refractivity contribution in [2.45, 2.75) is 13.0 Å². The second-order valence-corrected chi connectivity index (χ2v) is 6.29. The number of carbonyl (C=O) groups is 1. The number of aromatic nitrogens is 2. The van der Waals surface area contributed by atoms with Crippen molar-refractivity contribution in [3.8, 4) is 5.75 Å². The molecule has 0 saturated heterocycles. The van der Waals surface area contributed by atoms with Gasteiger partial charge in [-0.25, -0.2) is 9.78 Å². The number of nitrogens with one attached hydrogen (secondary N) is 2. The van der Waals surface area contributed by atoms with Crippen molar-refractivity contribution >= 4 is 29.6 Å². The number of non-ortho nitro benzene ring substituents is 1. The van der Waals surface area contributed by atoms with Gasteiger partial charge < -0.3 is 10.1 Å². The van der Waals surface area contributed by atoms with E-state index in [9.17, 15) is 19.7 Å². The lowest BCUT2D eigenvalue weighted by atomic mass is 10.1. The van der Waals surface area contributed by atoms with E-state index in [1.165, 1.54) is 24.4 Å². The van der Waals surface area contributed by atoms with Crippen molar-refractivity contribution < 1.29 is 14.5 Å². The fourth-order valence-corrected chi connectivity index (χ4v) is 2.49. The first kappa shape index (κ1) is 20.5. The van der Waals surface area contributed by atoms with Gasteiger partial charge in [0.25, 0.3) is 11.6 Å². The van der Waals surface area contributed by atoms with Crippen LogP contribution in [0.2, 0.25) is 0 Å². The van der Waals surface area contributed by atoms with Crippen molar-refractivity contribution in [2.24, 2.45) is 0 Å². The number of nitro groups is 1. The second-order valence-electron chi connectivity index (χ2n) is 6.29. The number of aromatic amines is 1. The monoisotopic (exact) mass is 406 g/mol. The Balaban J connectivity index is 1.57. The zero-order valence-corrected chi connectivity index (χ0v) is 15.9. The third-order valence-electron chi connectivity index (χ3n) is 4.07. The Bertz CT molecular complexity index is 1120. The first-order valence-corrected chi connectivity index (χ1v) is 8.96. The van der Waals surface area contributed by atoms with Gasteiger partial charge in [-0.2, -0.15) is 0 Å². The Labute approximate surface area is 171 Å². The molecule has 3 rings (SSSR count). The maximum Gasteiger partial charge on any atom is 0.346 e. The summed E-state index contributed by atoms with van der Waals surface area (Å²) in [6.45, 7) is 1.59. The molecule has 3 aromatic rings. The summed E-state index contributed by atoms with van der Waals surface area (Å²) in [6, 6.07) is 14.8. The highest BCUT2D eigenvalue weighted by Crippen LogP contribution is 2.18. The molecule has 1 aromatic heterocycles. The number of nitro benzene ring substituents is 1. The molecule has 9 nitrogen and oxygen atoms in total. The van der Waals surface area contributed by atoms with Crippen LogP contribution in [-0.4, -0.2) is 26.9 Å². The standard InChI is InChI=1S/C21H18N4O5/c1-14(20(26)23-19-12-13-22-21(27)24-19)30-18-10-6-16(7-11-18)3-2-15-4-8-17(9-5-15)25(28)29/h2-14H,1H3,(H2,22,23,24,26,27)/b3-2+. The van der Waals surface area contributed by atoms with E-state index in [0.29, 0.717) is 5.75 Å². The average molecular weight is 406 g/mol. The molecule has 0 aliphatic carbocycles. The molecule has 1 atom stereocenters. The first-order chi connectivity index (χ1) is 14.4. The Morgan fingerprint density at radius 2 is 1.70 bits per heavy atom. The molecule has 2 aromatic carbocycles. The van der Waals surface area contributed by atoms with Crippen LogP contribution in [0.25, 0.3) is 12.2 Å². The Morgan fingerprint density at radius 1 is 1.10 bits per heavy atom. The number of anilines is 1. The number of amides is 1. The molecule has 9 heteroatoms. The lowest BCUT2D eigenvalue weighted by Crippen LogP contribution is -2.31. The number of rotatable bonds is 7. The lowest BCUT2D eigenvalue weighted by Gasteiger charge is -2.14. The van der Waals surface area contributed by atoms with Crippen LogP contribution in [0.15, 0.2) is 65.6 Å². The van der Waals surface area contributed by atoms with Gasteiger partial charge in [-0.1, -0.05) is 24.3 Å². The predicted molar refractivity (Wildman–Crippen MR) is 112 cm³/mol. The normalized spacial score (nSPS) is 11.8. The minimum atomic E-state index is -0.789. The molecule has 0 saturated carbocycles. The zero-order chi connectivity index (χ0) is 21.5. The summed E-state index contributed by atoms with van der Waals surface area (Å²) >= 11 is 0. The maximum atomic E-state index is 12.2. The molecule has 0 aliphatic rings. The van der Waals surface area contributed by atoms with E-state index in [2.05, 4.69) is 15.3 Å². The second kappa shape index (κ2) is 9.28. The predicted octanol–water partition coefficient (Wildman–Crippen LogP) is 3.25. The van der Waals surface area contributed by atoms with Crippen LogP contribution in [0.3, 0.4) is 0 Å². The summed E-state index contributed by atoms with van der Waals surface area (Å²) in [5.41, 5.74) is 1.22. The van der Waals surface area contributed by atoms with E-state index in [-0.39, 0.29) is 11.5 Å². The van der Waals surface area contributed by atoms with E-state index in [4.69, 9.17) is 4.74 Å². The van der Waals surface area contributed by atoms with Gasteiger partial charge in [0.2, 0.25) is 0 Å². The minimum Gasteiger partial charge on any atom is -0.481 e. The molecule has 1 heterocycles. The van der Waals surface area contributed by atoms with E-state index < -0.39 is 22.6 Å². The van der Waals surface area contributed by atoms with Crippen LogP contribution >= 0.6 is 0 Å². The van der Waals surface area contributed by atoms with Crippen LogP contribution in [0.1, 0.15) is 18.1 Å². The molecule has 1 amide bonds. The molecular weight excluding hydrogens is 388 g/mol. The van der Waals surface area contributed by atoms with Gasteiger partial charge in [-0.15, -0.1) is 0 Å². The van der Waals surface area contributed by atoms with Crippen molar-refractivity contribution in [1.82, 2.24) is 9.97 Å². The highest BCUT2D eigenvalue weighted by Gasteiger charge is 2.15. The molecule has 0 radical (unpaired) electrons. The number of benzene rings is 2. The number of carbonyl (C=O) groups excluding carboxylic acids is 1. The van der Waals surface area contributed by atoms with Crippen LogP contribution in [0.5, 0.6) is 5.75 Å². The molecule has 0 bridgehead atoms. The third kappa shape index (κ3) is 5.61. The van der Waals surface area contributed by atoms with E-state index in [0.717, 1.165) is 11.1 Å². The van der Waals surface area contributed by atoms with E-state index in [1.54, 1.807) is 31.2 Å². The summed E-state index contributed by atoms with van der Waals surface area (Å²) in [5, 5.41) is 13.2. The van der Waals surface area contributed by atoms with Crippen LogP contribution in [-0.2, 0) is 4.79 Å². The van der Waals surface area contributed by atoms with Crippen molar-refractivity contribution in [1.29, 1.82) is 0 Å². The Hall–Kier alpha value is -4.27. The molecule has 2 N–H and O–H groups in total. The molecule has 30 heavy (non-hydrogen) atoms. The number of nitrogens with zero attached hydrogens (tertiary/aromatic N) is 2. The highest BCUT2D eigenvalue weighted by molar-refractivity contribution is 5.93. The summed E-state index contributed by atoms with van der Waals surface area (Å²) in [5.74, 6) is 0.328. The van der Waals surface area contributed by atoms with E-state index in [1.807, 2.05) is 24.3 Å². The Morgan fingerprint density at radius 3 is 2.27 bits per heavy atom. The lowest BCUT2D eigenvalue weighted by molar-refractivity contribution is -0.384. The van der Waals surface area contributed by atoms with Gasteiger partial charge >= 0.3 is 5.69 Å². The van der Waals surface area contributed by atoms with Gasteiger partial charge in [0.1, 0.15) is 11.6 Å². The highest BCUT2D eigenvalue weighted by atomic mass is 16.6. The molecule has 0 aliphatic heterocycles. The third-order valence-corrected chi connectivity index (χ3v) is 4.07. The van der Waals surface area contributed by atoms with Gasteiger partial charge in [-0.3, -0.25) is 19.9 Å². The smallest absolute Gasteiger partial charge is 0.346 e. The van der Waals surface area contributed by atoms with Crippen molar-refractivity contribution in [3.05, 3.63) is 92.5 Å². The van der Waals surface area contributed by atoms with Crippen LogP contribution < -0.4 is 15.7 Å². The van der Waals surface area contributed by atoms with Crippen LogP contribution in [0, 0.1) is 10.1 Å². The largest absolute Gasteiger partial charge is 0.481 e. The Kier molecular flexibility index (Phi) is 6.33. The molecule has 1 unspecified atom stereocenters. The number of hydrogen-bond donors (Lipinski definition) is 2. The van der Waals surface area contributed by atoms with Crippen LogP contribution in [0.4, 0.5) is 11.5 Å². The maximum absolute atomic E-state index is 12.2. The average Bonchev–Trinajstić information content (AvgIpc) is 2.73. The SMILES string of the molecule is CC(Oc1ccc(/C=C/c2ccc([N+](=O)[O-])cc2)cc1)C(=O)Nc1ccnc(=O)[nH]1. The molecular formula is C21H18N4O5. The zero-order valence-electron chi connectivity index (χ0n) is 15.9. The van der Waals surface area contributed by atoms with Crippen molar-refractivity contribution in [3.63, 3.8) is 0 Å². The summed E-state index contributed by atoms with van der Waals surface area (Å²) < 4.78 is 5.62. The minimum absolute atomic E-state index is 0.0436. The summed E-state index contributed by atoms with van der Waals surface area (Å²) in [4.78, 5) is 39.5. The molecule has 0 fully saturated rings. The van der Waals surface area contributed by atoms with Gasteiger partial charge in [-0.05, 0) is 48.4 Å².